The van der Waals surface area contributed by atoms with E-state index in [-0.39, 0.29) is 5.57 Å². The molecule has 6 heteroatoms. The van der Waals surface area contributed by atoms with Crippen LogP contribution in [0.1, 0.15) is 11.1 Å². The first-order valence-electron chi connectivity index (χ1n) is 7.44. The first-order chi connectivity index (χ1) is 12.1. The molecule has 128 valence electrons. The fraction of sp³-hybridized carbons (Fsp3) is 0.158. The van der Waals surface area contributed by atoms with Gasteiger partial charge in [0.1, 0.15) is 11.6 Å². The number of nitrogens with one attached hydrogen (secondary N) is 1. The first-order valence-corrected chi connectivity index (χ1v) is 8.23. The van der Waals surface area contributed by atoms with Crippen molar-refractivity contribution < 1.29 is 14.3 Å². The molecule has 0 heterocycles. The van der Waals surface area contributed by atoms with Gasteiger partial charge in [0.2, 0.25) is 0 Å². The molecule has 0 atom stereocenters. The minimum absolute atomic E-state index is 0.00931. The van der Waals surface area contributed by atoms with Crippen LogP contribution in [0.25, 0.3) is 6.08 Å². The number of carbonyl (C=O) groups is 1. The van der Waals surface area contributed by atoms with Gasteiger partial charge in [-0.2, -0.15) is 5.26 Å². The maximum Gasteiger partial charge on any atom is 0.262 e. The molecule has 0 aliphatic rings. The fourth-order valence-electron chi connectivity index (χ4n) is 2.21. The maximum atomic E-state index is 12.2. The molecule has 1 amide bonds. The van der Waals surface area contributed by atoms with Gasteiger partial charge in [-0.3, -0.25) is 4.79 Å². The highest BCUT2D eigenvalue weighted by atomic mass is 79.9. The molecule has 0 saturated carbocycles. The summed E-state index contributed by atoms with van der Waals surface area (Å²) in [5, 5.41) is 12.0. The summed E-state index contributed by atoms with van der Waals surface area (Å²) in [5.74, 6) is 0.619. The third-order valence-electron chi connectivity index (χ3n) is 3.43. The standard InChI is InChI=1S/C19H17BrN2O3/c1-24-17-10-14(9-16(20)18(17)25-2)8-15(11-21)19(23)22-12-13-6-4-3-5-7-13/h3-10H,12H2,1-2H3,(H,22,23)/b15-8-. The van der Waals surface area contributed by atoms with Crippen molar-refractivity contribution in [3.05, 3.63) is 63.6 Å². The topological polar surface area (TPSA) is 71.3 Å². The Labute approximate surface area is 155 Å². The molecule has 0 unspecified atom stereocenters. The fourth-order valence-corrected chi connectivity index (χ4v) is 2.83. The summed E-state index contributed by atoms with van der Waals surface area (Å²) in [5.41, 5.74) is 1.62. The Hall–Kier alpha value is -2.78. The number of benzene rings is 2. The molecule has 0 aromatic heterocycles. The van der Waals surface area contributed by atoms with Gasteiger partial charge in [-0.25, -0.2) is 0 Å². The van der Waals surface area contributed by atoms with Crippen LogP contribution in [0.15, 0.2) is 52.5 Å². The van der Waals surface area contributed by atoms with Crippen LogP contribution in [0, 0.1) is 11.3 Å². The number of halogens is 1. The number of rotatable bonds is 6. The largest absolute Gasteiger partial charge is 0.493 e. The molecule has 0 aliphatic carbocycles. The summed E-state index contributed by atoms with van der Waals surface area (Å²) < 4.78 is 11.2. The third-order valence-corrected chi connectivity index (χ3v) is 4.02. The number of hydrogen-bond donors (Lipinski definition) is 1. The van der Waals surface area contributed by atoms with E-state index < -0.39 is 5.91 Å². The van der Waals surface area contributed by atoms with Crippen LogP contribution in [0.4, 0.5) is 0 Å². The van der Waals surface area contributed by atoms with E-state index >= 15 is 0 Å². The number of hydrogen-bond acceptors (Lipinski definition) is 4. The van der Waals surface area contributed by atoms with Gasteiger partial charge in [0.15, 0.2) is 11.5 Å². The lowest BCUT2D eigenvalue weighted by molar-refractivity contribution is -0.117. The third kappa shape index (κ3) is 4.85. The Morgan fingerprint density at radius 3 is 2.56 bits per heavy atom. The smallest absolute Gasteiger partial charge is 0.262 e. The molecule has 0 aliphatic heterocycles. The molecular formula is C19H17BrN2O3. The van der Waals surface area contributed by atoms with Gasteiger partial charge in [-0.15, -0.1) is 0 Å². The Morgan fingerprint density at radius 1 is 1.24 bits per heavy atom. The van der Waals surface area contributed by atoms with Crippen LogP contribution in [0.3, 0.4) is 0 Å². The lowest BCUT2D eigenvalue weighted by Crippen LogP contribution is -2.23. The van der Waals surface area contributed by atoms with Crippen molar-refractivity contribution in [3.8, 4) is 17.6 Å². The van der Waals surface area contributed by atoms with Crippen molar-refractivity contribution in [1.82, 2.24) is 5.32 Å². The van der Waals surface area contributed by atoms with Crippen LogP contribution in [-0.4, -0.2) is 20.1 Å². The zero-order valence-electron chi connectivity index (χ0n) is 13.9. The molecule has 0 spiro atoms. The highest BCUT2D eigenvalue weighted by Gasteiger charge is 2.13. The number of nitrogens with zero attached hydrogens (tertiary/aromatic N) is 1. The summed E-state index contributed by atoms with van der Waals surface area (Å²) >= 11 is 3.39. The minimum Gasteiger partial charge on any atom is -0.493 e. The van der Waals surface area contributed by atoms with Gasteiger partial charge in [0, 0.05) is 6.54 Å². The predicted molar refractivity (Wildman–Crippen MR) is 99.1 cm³/mol. The van der Waals surface area contributed by atoms with Crippen molar-refractivity contribution in [2.45, 2.75) is 6.54 Å². The Kier molecular flexibility index (Phi) is 6.61. The average molecular weight is 401 g/mol. The van der Waals surface area contributed by atoms with E-state index in [2.05, 4.69) is 21.2 Å². The molecule has 2 aromatic carbocycles. The summed E-state index contributed by atoms with van der Waals surface area (Å²) in [6.07, 6.45) is 1.51. The monoisotopic (exact) mass is 400 g/mol. The van der Waals surface area contributed by atoms with E-state index in [1.807, 2.05) is 36.4 Å². The molecular weight excluding hydrogens is 384 g/mol. The highest BCUT2D eigenvalue weighted by Crippen LogP contribution is 2.36. The van der Waals surface area contributed by atoms with Crippen molar-refractivity contribution in [2.24, 2.45) is 0 Å². The number of methoxy groups -OCH3 is 2. The second kappa shape index (κ2) is 8.90. The van der Waals surface area contributed by atoms with Gasteiger partial charge in [-0.05, 0) is 45.3 Å². The van der Waals surface area contributed by atoms with Crippen LogP contribution < -0.4 is 14.8 Å². The molecule has 1 N–H and O–H groups in total. The Morgan fingerprint density at radius 2 is 1.96 bits per heavy atom. The second-order valence-corrected chi connectivity index (χ2v) is 5.93. The Bertz CT molecular complexity index is 827. The number of nitriles is 1. The van der Waals surface area contributed by atoms with Gasteiger partial charge >= 0.3 is 0 Å². The van der Waals surface area contributed by atoms with Gasteiger partial charge < -0.3 is 14.8 Å². The van der Waals surface area contributed by atoms with Crippen LogP contribution in [0.2, 0.25) is 0 Å². The molecule has 2 rings (SSSR count). The molecule has 0 bridgehead atoms. The van der Waals surface area contributed by atoms with Gasteiger partial charge in [-0.1, -0.05) is 30.3 Å². The lowest BCUT2D eigenvalue weighted by atomic mass is 10.1. The van der Waals surface area contributed by atoms with E-state index in [1.165, 1.54) is 20.3 Å². The number of ether oxygens (including phenoxy) is 2. The molecule has 0 fully saturated rings. The molecule has 0 radical (unpaired) electrons. The molecule has 25 heavy (non-hydrogen) atoms. The summed E-state index contributed by atoms with van der Waals surface area (Å²) in [6.45, 7) is 0.355. The molecule has 0 saturated heterocycles. The minimum atomic E-state index is -0.433. The number of amides is 1. The van der Waals surface area contributed by atoms with E-state index in [4.69, 9.17) is 9.47 Å². The van der Waals surface area contributed by atoms with Crippen LogP contribution in [-0.2, 0) is 11.3 Å². The van der Waals surface area contributed by atoms with Crippen molar-refractivity contribution in [3.63, 3.8) is 0 Å². The van der Waals surface area contributed by atoms with Crippen molar-refractivity contribution in [1.29, 1.82) is 5.26 Å². The number of carbonyl (C=O) groups excluding carboxylic acids is 1. The summed E-state index contributed by atoms with van der Waals surface area (Å²) in [7, 11) is 3.06. The summed E-state index contributed by atoms with van der Waals surface area (Å²) in [4.78, 5) is 12.2. The van der Waals surface area contributed by atoms with E-state index in [1.54, 1.807) is 12.1 Å². The quantitative estimate of drug-likeness (QED) is 0.592. The van der Waals surface area contributed by atoms with Crippen molar-refractivity contribution in [2.75, 3.05) is 14.2 Å². The average Bonchev–Trinajstić information content (AvgIpc) is 2.64. The lowest BCUT2D eigenvalue weighted by Gasteiger charge is -2.10. The van der Waals surface area contributed by atoms with Crippen LogP contribution in [0.5, 0.6) is 11.5 Å². The van der Waals surface area contributed by atoms with E-state index in [0.29, 0.717) is 28.1 Å². The normalized spacial score (nSPS) is 10.7. The van der Waals surface area contributed by atoms with E-state index in [0.717, 1.165) is 5.56 Å². The molecule has 5 nitrogen and oxygen atoms in total. The summed E-state index contributed by atoms with van der Waals surface area (Å²) in [6, 6.07) is 14.9. The SMILES string of the molecule is COc1cc(/C=C(/C#N)C(=O)NCc2ccccc2)cc(Br)c1OC. The zero-order chi connectivity index (χ0) is 18.2. The van der Waals surface area contributed by atoms with Crippen LogP contribution >= 0.6 is 15.9 Å². The maximum absolute atomic E-state index is 12.2. The highest BCUT2D eigenvalue weighted by molar-refractivity contribution is 9.10. The second-order valence-electron chi connectivity index (χ2n) is 5.08. The van der Waals surface area contributed by atoms with Crippen molar-refractivity contribution >= 4 is 27.9 Å². The van der Waals surface area contributed by atoms with Gasteiger partial charge in [0.05, 0.1) is 18.7 Å². The predicted octanol–water partition coefficient (Wildman–Crippen LogP) is 3.69. The first kappa shape index (κ1) is 18.6. The van der Waals surface area contributed by atoms with E-state index in [9.17, 15) is 10.1 Å². The zero-order valence-corrected chi connectivity index (χ0v) is 15.5. The van der Waals surface area contributed by atoms with Gasteiger partial charge in [0.25, 0.3) is 5.91 Å². The Balaban J connectivity index is 2.20. The molecule has 2 aromatic rings.